The van der Waals surface area contributed by atoms with Crippen LogP contribution in [0.1, 0.15) is 31.4 Å². The molecule has 1 aliphatic rings. The predicted molar refractivity (Wildman–Crippen MR) is 103 cm³/mol. The van der Waals surface area contributed by atoms with Gasteiger partial charge in [-0.3, -0.25) is 4.79 Å². The third kappa shape index (κ3) is 4.90. The first-order chi connectivity index (χ1) is 12.4. The van der Waals surface area contributed by atoms with Crippen molar-refractivity contribution < 1.29 is 13.2 Å². The average molecular weight is 394 g/mol. The highest BCUT2D eigenvalue weighted by Crippen LogP contribution is 2.30. The summed E-state index contributed by atoms with van der Waals surface area (Å²) in [5.74, 6) is 0.253. The smallest absolute Gasteiger partial charge is 0.240 e. The number of nitrogens with zero attached hydrogens (tertiary/aromatic N) is 1. The highest BCUT2D eigenvalue weighted by Gasteiger charge is 2.27. The van der Waals surface area contributed by atoms with E-state index in [4.69, 9.17) is 0 Å². The van der Waals surface area contributed by atoms with Crippen molar-refractivity contribution in [2.75, 3.05) is 11.9 Å². The molecule has 0 aliphatic heterocycles. The van der Waals surface area contributed by atoms with Crippen LogP contribution in [0.2, 0.25) is 0 Å². The third-order valence-corrected chi connectivity index (χ3v) is 7.00. The first-order valence-corrected chi connectivity index (χ1v) is 11.1. The van der Waals surface area contributed by atoms with Gasteiger partial charge < -0.3 is 5.32 Å². The van der Waals surface area contributed by atoms with E-state index < -0.39 is 10.0 Å². The second-order valence-electron chi connectivity index (χ2n) is 6.67. The summed E-state index contributed by atoms with van der Waals surface area (Å²) in [4.78, 5) is 16.9. The number of anilines is 1. The third-order valence-electron chi connectivity index (χ3n) is 4.68. The standard InChI is InChI=1S/C18H23N3O3S2/c1-13-12-25-18(20-13)21-17(22)15-9-7-14(8-10-15)11-19-26(23,24)16-5-3-2-4-6-16/h2-6,12,14-15,19H,7-11H2,1H3,(H,20,21,22). The number of amides is 1. The van der Waals surface area contributed by atoms with Crippen LogP contribution >= 0.6 is 11.3 Å². The first-order valence-electron chi connectivity index (χ1n) is 8.72. The van der Waals surface area contributed by atoms with Crippen molar-refractivity contribution in [2.45, 2.75) is 37.5 Å². The van der Waals surface area contributed by atoms with Gasteiger partial charge in [0.05, 0.1) is 10.6 Å². The molecule has 26 heavy (non-hydrogen) atoms. The lowest BCUT2D eigenvalue weighted by Crippen LogP contribution is -2.33. The Kier molecular flexibility index (Phi) is 6.05. The van der Waals surface area contributed by atoms with Crippen molar-refractivity contribution in [3.8, 4) is 0 Å². The molecular formula is C18H23N3O3S2. The lowest BCUT2D eigenvalue weighted by atomic mass is 9.81. The van der Waals surface area contributed by atoms with E-state index in [0.29, 0.717) is 11.7 Å². The molecule has 1 saturated carbocycles. The zero-order chi connectivity index (χ0) is 18.6. The van der Waals surface area contributed by atoms with Crippen molar-refractivity contribution in [1.82, 2.24) is 9.71 Å². The molecule has 1 fully saturated rings. The fourth-order valence-corrected chi connectivity index (χ4v) is 4.99. The second-order valence-corrected chi connectivity index (χ2v) is 9.29. The van der Waals surface area contributed by atoms with Gasteiger partial charge in [-0.05, 0) is 50.7 Å². The van der Waals surface area contributed by atoms with Crippen molar-refractivity contribution in [3.63, 3.8) is 0 Å². The average Bonchev–Trinajstić information content (AvgIpc) is 3.06. The quantitative estimate of drug-likeness (QED) is 0.789. The molecule has 3 rings (SSSR count). The molecule has 1 aromatic carbocycles. The van der Waals surface area contributed by atoms with E-state index in [1.807, 2.05) is 12.3 Å². The van der Waals surface area contributed by atoms with Gasteiger partial charge >= 0.3 is 0 Å². The Bertz CT molecular complexity index is 842. The molecule has 6 nitrogen and oxygen atoms in total. The monoisotopic (exact) mass is 393 g/mol. The molecule has 0 atom stereocenters. The summed E-state index contributed by atoms with van der Waals surface area (Å²) in [7, 11) is -3.46. The van der Waals surface area contributed by atoms with Crippen LogP contribution in [0.4, 0.5) is 5.13 Å². The zero-order valence-electron chi connectivity index (χ0n) is 14.6. The van der Waals surface area contributed by atoms with E-state index in [1.54, 1.807) is 30.3 Å². The summed E-state index contributed by atoms with van der Waals surface area (Å²) in [6, 6.07) is 8.39. The molecule has 0 unspecified atom stereocenters. The number of rotatable bonds is 6. The number of aryl methyl sites for hydroxylation is 1. The van der Waals surface area contributed by atoms with Gasteiger partial charge in [-0.15, -0.1) is 11.3 Å². The number of benzene rings is 1. The van der Waals surface area contributed by atoms with E-state index in [9.17, 15) is 13.2 Å². The summed E-state index contributed by atoms with van der Waals surface area (Å²) in [5.41, 5.74) is 0.903. The van der Waals surface area contributed by atoms with Crippen molar-refractivity contribution in [1.29, 1.82) is 0 Å². The van der Waals surface area contributed by atoms with Crippen molar-refractivity contribution in [2.24, 2.45) is 11.8 Å². The molecule has 8 heteroatoms. The first kappa shape index (κ1) is 19.0. The van der Waals surface area contributed by atoms with Crippen molar-refractivity contribution in [3.05, 3.63) is 41.4 Å². The summed E-state index contributed by atoms with van der Waals surface area (Å²) in [6.45, 7) is 2.31. The maximum absolute atomic E-state index is 12.3. The number of hydrogen-bond acceptors (Lipinski definition) is 5. The summed E-state index contributed by atoms with van der Waals surface area (Å²) < 4.78 is 27.2. The normalized spacial score (nSPS) is 20.7. The molecular weight excluding hydrogens is 370 g/mol. The predicted octanol–water partition coefficient (Wildman–Crippen LogP) is 3.17. The van der Waals surface area contributed by atoms with Gasteiger partial charge in [0.25, 0.3) is 0 Å². The van der Waals surface area contributed by atoms with Crippen LogP contribution in [0.15, 0.2) is 40.6 Å². The number of thiazole rings is 1. The van der Waals surface area contributed by atoms with E-state index in [2.05, 4.69) is 15.0 Å². The van der Waals surface area contributed by atoms with Crippen LogP contribution in [-0.2, 0) is 14.8 Å². The molecule has 0 spiro atoms. The van der Waals surface area contributed by atoms with Crippen LogP contribution in [0.25, 0.3) is 0 Å². The number of aromatic nitrogens is 1. The van der Waals surface area contributed by atoms with Crippen LogP contribution < -0.4 is 10.0 Å². The molecule has 0 saturated heterocycles. The van der Waals surface area contributed by atoms with E-state index >= 15 is 0 Å². The van der Waals surface area contributed by atoms with Gasteiger partial charge in [-0.25, -0.2) is 18.1 Å². The Balaban J connectivity index is 1.46. The maximum Gasteiger partial charge on any atom is 0.240 e. The van der Waals surface area contributed by atoms with Gasteiger partial charge in [0.2, 0.25) is 15.9 Å². The fourth-order valence-electron chi connectivity index (χ4n) is 3.16. The van der Waals surface area contributed by atoms with Gasteiger partial charge in [0.1, 0.15) is 0 Å². The minimum atomic E-state index is -3.46. The Morgan fingerprint density at radius 2 is 1.88 bits per heavy atom. The maximum atomic E-state index is 12.3. The van der Waals surface area contributed by atoms with E-state index in [1.165, 1.54) is 11.3 Å². The molecule has 1 heterocycles. The number of hydrogen-bond donors (Lipinski definition) is 2. The van der Waals surface area contributed by atoms with Crippen LogP contribution in [0.5, 0.6) is 0 Å². The molecule has 2 N–H and O–H groups in total. The second kappa shape index (κ2) is 8.28. The Hall–Kier alpha value is -1.77. The molecule has 0 radical (unpaired) electrons. The van der Waals surface area contributed by atoms with Crippen LogP contribution in [-0.4, -0.2) is 25.9 Å². The van der Waals surface area contributed by atoms with Crippen LogP contribution in [0.3, 0.4) is 0 Å². The van der Waals surface area contributed by atoms with Gasteiger partial charge in [0, 0.05) is 17.8 Å². The molecule has 2 aromatic rings. The zero-order valence-corrected chi connectivity index (χ0v) is 16.3. The fraction of sp³-hybridized carbons (Fsp3) is 0.444. The largest absolute Gasteiger partial charge is 0.302 e. The number of nitrogens with one attached hydrogen (secondary N) is 2. The lowest BCUT2D eigenvalue weighted by molar-refractivity contribution is -0.121. The highest BCUT2D eigenvalue weighted by molar-refractivity contribution is 7.89. The Morgan fingerprint density at radius 3 is 2.50 bits per heavy atom. The Morgan fingerprint density at radius 1 is 1.19 bits per heavy atom. The Labute approximate surface area is 158 Å². The molecule has 1 aromatic heterocycles. The number of sulfonamides is 1. The topological polar surface area (TPSA) is 88.2 Å². The molecule has 1 amide bonds. The molecule has 140 valence electrons. The van der Waals surface area contributed by atoms with Gasteiger partial charge in [-0.1, -0.05) is 18.2 Å². The minimum Gasteiger partial charge on any atom is -0.302 e. The van der Waals surface area contributed by atoms with E-state index in [0.717, 1.165) is 31.4 Å². The van der Waals surface area contributed by atoms with Gasteiger partial charge in [0.15, 0.2) is 5.13 Å². The van der Waals surface area contributed by atoms with E-state index in [-0.39, 0.29) is 22.6 Å². The van der Waals surface area contributed by atoms with Crippen LogP contribution in [0, 0.1) is 18.8 Å². The van der Waals surface area contributed by atoms with Gasteiger partial charge in [-0.2, -0.15) is 0 Å². The molecule has 0 bridgehead atoms. The lowest BCUT2D eigenvalue weighted by Gasteiger charge is -2.27. The minimum absolute atomic E-state index is 0.0164. The van der Waals surface area contributed by atoms with Crippen molar-refractivity contribution >= 4 is 32.4 Å². The highest BCUT2D eigenvalue weighted by atomic mass is 32.2. The number of carbonyl (C=O) groups excluding carboxylic acids is 1. The summed E-state index contributed by atoms with van der Waals surface area (Å²) >= 11 is 1.43. The molecule has 1 aliphatic carbocycles. The summed E-state index contributed by atoms with van der Waals surface area (Å²) in [5, 5.41) is 5.43. The number of carbonyl (C=O) groups is 1. The SMILES string of the molecule is Cc1csc(NC(=O)C2CCC(CNS(=O)(=O)c3ccccc3)CC2)n1. The summed E-state index contributed by atoms with van der Waals surface area (Å²) in [6.07, 6.45) is 3.22.